The van der Waals surface area contributed by atoms with E-state index in [-0.39, 0.29) is 6.04 Å². The molecule has 4 heteroatoms. The molecule has 0 bridgehead atoms. The predicted molar refractivity (Wildman–Crippen MR) is 80.1 cm³/mol. The zero-order chi connectivity index (χ0) is 14.8. The van der Waals surface area contributed by atoms with E-state index in [4.69, 9.17) is 0 Å². The van der Waals surface area contributed by atoms with Crippen LogP contribution in [0.25, 0.3) is 0 Å². The lowest BCUT2D eigenvalue weighted by atomic mass is 9.88. The summed E-state index contributed by atoms with van der Waals surface area (Å²) in [6.45, 7) is 5.17. The lowest BCUT2D eigenvalue weighted by Crippen LogP contribution is -2.44. The summed E-state index contributed by atoms with van der Waals surface area (Å²) in [5.74, 6) is -0.272. The van der Waals surface area contributed by atoms with Gasteiger partial charge in [0.1, 0.15) is 11.6 Å². The van der Waals surface area contributed by atoms with Crippen molar-refractivity contribution in [1.82, 2.24) is 10.2 Å². The van der Waals surface area contributed by atoms with Crippen LogP contribution in [0.3, 0.4) is 0 Å². The summed E-state index contributed by atoms with van der Waals surface area (Å²) in [6, 6.07) is 4.57. The number of piperidine rings is 1. The van der Waals surface area contributed by atoms with Gasteiger partial charge in [0.05, 0.1) is 0 Å². The molecular weight excluding hydrogens is 270 g/mol. The van der Waals surface area contributed by atoms with Gasteiger partial charge < -0.3 is 5.32 Å². The second kappa shape index (κ2) is 6.41. The van der Waals surface area contributed by atoms with E-state index in [1.807, 2.05) is 6.92 Å². The molecule has 0 spiro atoms. The van der Waals surface area contributed by atoms with Crippen LogP contribution in [0.4, 0.5) is 8.78 Å². The standard InChI is InChI=1S/C17H24F2N2/c1-12(15-7-6-14(18)10-16(15)19)21-9-3-4-13(11-21)17-5-2-8-20-17/h6-7,10,12-13,17,20H,2-5,8-9,11H2,1H3. The van der Waals surface area contributed by atoms with Gasteiger partial charge in [-0.3, -0.25) is 4.90 Å². The van der Waals surface area contributed by atoms with Crippen LogP contribution in [0.15, 0.2) is 18.2 Å². The molecule has 0 amide bonds. The molecule has 2 heterocycles. The molecule has 3 unspecified atom stereocenters. The average Bonchev–Trinajstić information content (AvgIpc) is 3.01. The molecule has 3 rings (SSSR count). The zero-order valence-corrected chi connectivity index (χ0v) is 12.6. The van der Waals surface area contributed by atoms with Gasteiger partial charge in [-0.05, 0) is 57.7 Å². The van der Waals surface area contributed by atoms with Gasteiger partial charge in [0.2, 0.25) is 0 Å². The Morgan fingerprint density at radius 2 is 2.10 bits per heavy atom. The lowest BCUT2D eigenvalue weighted by molar-refractivity contribution is 0.113. The van der Waals surface area contributed by atoms with Crippen LogP contribution in [-0.4, -0.2) is 30.6 Å². The first kappa shape index (κ1) is 14.9. The molecule has 3 atom stereocenters. The maximum atomic E-state index is 14.0. The summed E-state index contributed by atoms with van der Waals surface area (Å²) < 4.78 is 27.0. The highest BCUT2D eigenvalue weighted by molar-refractivity contribution is 5.22. The normalized spacial score (nSPS) is 28.7. The van der Waals surface area contributed by atoms with E-state index in [0.29, 0.717) is 17.5 Å². The Morgan fingerprint density at radius 3 is 2.81 bits per heavy atom. The first-order valence-corrected chi connectivity index (χ1v) is 8.07. The first-order chi connectivity index (χ1) is 10.1. The van der Waals surface area contributed by atoms with Crippen molar-refractivity contribution in [3.8, 4) is 0 Å². The minimum absolute atomic E-state index is 0.00908. The van der Waals surface area contributed by atoms with Crippen molar-refractivity contribution in [2.75, 3.05) is 19.6 Å². The molecule has 2 aliphatic heterocycles. The third-order valence-electron chi connectivity index (χ3n) is 5.12. The molecular formula is C17H24F2N2. The van der Waals surface area contributed by atoms with E-state index in [0.717, 1.165) is 32.1 Å². The van der Waals surface area contributed by atoms with Gasteiger partial charge in [0, 0.05) is 30.3 Å². The van der Waals surface area contributed by atoms with Crippen LogP contribution in [0, 0.1) is 17.6 Å². The van der Waals surface area contributed by atoms with E-state index in [9.17, 15) is 8.78 Å². The number of hydrogen-bond donors (Lipinski definition) is 1. The molecule has 2 fully saturated rings. The quantitative estimate of drug-likeness (QED) is 0.918. The van der Waals surface area contributed by atoms with Gasteiger partial charge in [-0.2, -0.15) is 0 Å². The van der Waals surface area contributed by atoms with Crippen molar-refractivity contribution in [2.24, 2.45) is 5.92 Å². The number of hydrogen-bond acceptors (Lipinski definition) is 2. The molecule has 2 nitrogen and oxygen atoms in total. The Labute approximate surface area is 125 Å². The SMILES string of the molecule is CC(c1ccc(F)cc1F)N1CCCC(C2CCCN2)C1. The summed E-state index contributed by atoms with van der Waals surface area (Å²) in [6.07, 6.45) is 4.95. The highest BCUT2D eigenvalue weighted by Crippen LogP contribution is 2.31. The van der Waals surface area contributed by atoms with Gasteiger partial charge in [0.15, 0.2) is 0 Å². The summed E-state index contributed by atoms with van der Waals surface area (Å²) in [4.78, 5) is 2.35. The Bertz CT molecular complexity index is 486. The molecule has 2 aliphatic rings. The predicted octanol–water partition coefficient (Wildman–Crippen LogP) is 3.49. The van der Waals surface area contributed by atoms with Gasteiger partial charge in [0.25, 0.3) is 0 Å². The van der Waals surface area contributed by atoms with E-state index < -0.39 is 11.6 Å². The van der Waals surface area contributed by atoms with Gasteiger partial charge in [-0.15, -0.1) is 0 Å². The van der Waals surface area contributed by atoms with Crippen molar-refractivity contribution in [1.29, 1.82) is 0 Å². The molecule has 0 saturated carbocycles. The first-order valence-electron chi connectivity index (χ1n) is 8.07. The number of nitrogens with one attached hydrogen (secondary N) is 1. The van der Waals surface area contributed by atoms with Crippen molar-refractivity contribution >= 4 is 0 Å². The van der Waals surface area contributed by atoms with Crippen LogP contribution in [0.2, 0.25) is 0 Å². The summed E-state index contributed by atoms with van der Waals surface area (Å²) in [7, 11) is 0. The fourth-order valence-electron chi connectivity index (χ4n) is 3.87. The molecule has 0 radical (unpaired) electrons. The van der Waals surface area contributed by atoms with Crippen LogP contribution < -0.4 is 5.32 Å². The van der Waals surface area contributed by atoms with Crippen LogP contribution >= 0.6 is 0 Å². The second-order valence-corrected chi connectivity index (χ2v) is 6.44. The molecule has 1 aromatic rings. The Hall–Kier alpha value is -1.00. The second-order valence-electron chi connectivity index (χ2n) is 6.44. The fourth-order valence-corrected chi connectivity index (χ4v) is 3.87. The van der Waals surface area contributed by atoms with E-state index in [2.05, 4.69) is 10.2 Å². The summed E-state index contributed by atoms with van der Waals surface area (Å²) in [5.41, 5.74) is 0.608. The summed E-state index contributed by atoms with van der Waals surface area (Å²) >= 11 is 0. The van der Waals surface area contributed by atoms with E-state index in [1.54, 1.807) is 6.07 Å². The Morgan fingerprint density at radius 1 is 1.24 bits per heavy atom. The van der Waals surface area contributed by atoms with Crippen LogP contribution in [0.1, 0.15) is 44.2 Å². The topological polar surface area (TPSA) is 15.3 Å². The van der Waals surface area contributed by atoms with Crippen LogP contribution in [0.5, 0.6) is 0 Å². The number of nitrogens with zero attached hydrogens (tertiary/aromatic N) is 1. The lowest BCUT2D eigenvalue weighted by Gasteiger charge is -2.39. The molecule has 2 saturated heterocycles. The maximum absolute atomic E-state index is 14.0. The monoisotopic (exact) mass is 294 g/mol. The minimum Gasteiger partial charge on any atom is -0.314 e. The summed E-state index contributed by atoms with van der Waals surface area (Å²) in [5, 5.41) is 3.59. The van der Waals surface area contributed by atoms with Gasteiger partial charge in [-0.25, -0.2) is 8.78 Å². The Balaban J connectivity index is 1.70. The maximum Gasteiger partial charge on any atom is 0.130 e. The third-order valence-corrected chi connectivity index (χ3v) is 5.12. The average molecular weight is 294 g/mol. The van der Waals surface area contributed by atoms with E-state index >= 15 is 0 Å². The Kier molecular flexibility index (Phi) is 4.55. The fraction of sp³-hybridized carbons (Fsp3) is 0.647. The van der Waals surface area contributed by atoms with Crippen molar-refractivity contribution in [2.45, 2.75) is 44.7 Å². The molecule has 1 aromatic carbocycles. The molecule has 1 N–H and O–H groups in total. The molecule has 21 heavy (non-hydrogen) atoms. The zero-order valence-electron chi connectivity index (χ0n) is 12.6. The molecule has 116 valence electrons. The number of rotatable bonds is 3. The molecule has 0 aliphatic carbocycles. The highest BCUT2D eigenvalue weighted by Gasteiger charge is 2.31. The van der Waals surface area contributed by atoms with Crippen molar-refractivity contribution in [3.05, 3.63) is 35.4 Å². The number of halogens is 2. The minimum atomic E-state index is -0.505. The van der Waals surface area contributed by atoms with Crippen molar-refractivity contribution in [3.63, 3.8) is 0 Å². The van der Waals surface area contributed by atoms with Crippen LogP contribution in [-0.2, 0) is 0 Å². The number of benzene rings is 1. The van der Waals surface area contributed by atoms with Crippen molar-refractivity contribution < 1.29 is 8.78 Å². The van der Waals surface area contributed by atoms with Gasteiger partial charge >= 0.3 is 0 Å². The van der Waals surface area contributed by atoms with E-state index in [1.165, 1.54) is 25.3 Å². The van der Waals surface area contributed by atoms with Gasteiger partial charge in [-0.1, -0.05) is 6.07 Å². The highest BCUT2D eigenvalue weighted by atomic mass is 19.1. The number of likely N-dealkylation sites (tertiary alicyclic amines) is 1. The molecule has 0 aromatic heterocycles. The largest absolute Gasteiger partial charge is 0.314 e. The smallest absolute Gasteiger partial charge is 0.130 e. The third kappa shape index (κ3) is 3.27.